The van der Waals surface area contributed by atoms with Crippen molar-refractivity contribution >= 4 is 17.5 Å². The van der Waals surface area contributed by atoms with Crippen LogP contribution < -0.4 is 16.4 Å². The fraction of sp³-hybridized carbons (Fsp3) is 0.222. The molecule has 3 rings (SSSR count). The molecule has 0 bridgehead atoms. The number of carbonyl (C=O) groups excluding carboxylic acids is 2. The fourth-order valence-corrected chi connectivity index (χ4v) is 3.04. The second kappa shape index (κ2) is 6.12. The number of fused-ring (bicyclic) bond motifs is 1. The molecule has 0 fully saturated rings. The lowest BCUT2D eigenvalue weighted by atomic mass is 9.98. The third-order valence-corrected chi connectivity index (χ3v) is 4.16. The van der Waals surface area contributed by atoms with Crippen LogP contribution >= 0.6 is 0 Å². The summed E-state index contributed by atoms with van der Waals surface area (Å²) in [5, 5.41) is 0. The van der Waals surface area contributed by atoms with Crippen LogP contribution in [-0.2, 0) is 13.0 Å². The summed E-state index contributed by atoms with van der Waals surface area (Å²) in [5.41, 5.74) is 15.0. The molecule has 4 N–H and O–H groups in total. The van der Waals surface area contributed by atoms with Gasteiger partial charge in [-0.15, -0.1) is 0 Å². The summed E-state index contributed by atoms with van der Waals surface area (Å²) in [6.07, 6.45) is 1.96. The molecule has 1 heterocycles. The maximum Gasteiger partial charge on any atom is 0.248 e. The predicted octanol–water partition coefficient (Wildman–Crippen LogP) is 1.84. The van der Waals surface area contributed by atoms with Crippen LogP contribution in [0.1, 0.15) is 38.3 Å². The number of nitrogens with zero attached hydrogens (tertiary/aromatic N) is 1. The summed E-state index contributed by atoms with van der Waals surface area (Å²) in [6.45, 7) is 1.63. The minimum absolute atomic E-state index is 0.404. The maximum absolute atomic E-state index is 11.3. The Labute approximate surface area is 134 Å². The van der Waals surface area contributed by atoms with Crippen molar-refractivity contribution in [2.45, 2.75) is 19.4 Å². The van der Waals surface area contributed by atoms with Gasteiger partial charge in [0.2, 0.25) is 11.8 Å². The van der Waals surface area contributed by atoms with Crippen LogP contribution in [0.3, 0.4) is 0 Å². The third-order valence-electron chi connectivity index (χ3n) is 4.16. The summed E-state index contributed by atoms with van der Waals surface area (Å²) >= 11 is 0. The number of benzene rings is 2. The number of nitrogens with two attached hydrogens (primary N) is 2. The highest BCUT2D eigenvalue weighted by Gasteiger charge is 2.18. The van der Waals surface area contributed by atoms with Gasteiger partial charge in [-0.3, -0.25) is 9.59 Å². The van der Waals surface area contributed by atoms with Crippen molar-refractivity contribution in [3.63, 3.8) is 0 Å². The molecule has 0 unspecified atom stereocenters. The normalized spacial score (nSPS) is 13.5. The molecule has 5 heteroatoms. The fourth-order valence-electron chi connectivity index (χ4n) is 3.04. The molecule has 1 aliphatic heterocycles. The van der Waals surface area contributed by atoms with E-state index in [9.17, 15) is 9.59 Å². The van der Waals surface area contributed by atoms with Gasteiger partial charge in [-0.2, -0.15) is 0 Å². The monoisotopic (exact) mass is 309 g/mol. The van der Waals surface area contributed by atoms with Crippen LogP contribution in [0.2, 0.25) is 0 Å². The SMILES string of the molecule is NC(=O)c1cccc(CN2CCCc3cc(C(N)=O)ccc32)c1. The second-order valence-corrected chi connectivity index (χ2v) is 5.80. The van der Waals surface area contributed by atoms with E-state index in [0.29, 0.717) is 17.7 Å². The molecule has 2 amide bonds. The van der Waals surface area contributed by atoms with Crippen molar-refractivity contribution in [3.8, 4) is 0 Å². The van der Waals surface area contributed by atoms with E-state index < -0.39 is 11.8 Å². The Morgan fingerprint density at radius 3 is 2.48 bits per heavy atom. The van der Waals surface area contributed by atoms with E-state index >= 15 is 0 Å². The van der Waals surface area contributed by atoms with E-state index in [0.717, 1.165) is 36.2 Å². The molecule has 2 aromatic carbocycles. The van der Waals surface area contributed by atoms with Gasteiger partial charge in [0.1, 0.15) is 0 Å². The molecular formula is C18H19N3O2. The number of hydrogen-bond donors (Lipinski definition) is 2. The van der Waals surface area contributed by atoms with E-state index in [-0.39, 0.29) is 0 Å². The Hall–Kier alpha value is -2.82. The Kier molecular flexibility index (Phi) is 4.02. The summed E-state index contributed by atoms with van der Waals surface area (Å²) < 4.78 is 0. The Balaban J connectivity index is 1.87. The molecule has 2 aromatic rings. The van der Waals surface area contributed by atoms with Crippen molar-refractivity contribution in [1.82, 2.24) is 0 Å². The average molecular weight is 309 g/mol. The van der Waals surface area contributed by atoms with E-state index in [1.165, 1.54) is 0 Å². The molecular weight excluding hydrogens is 290 g/mol. The zero-order valence-electron chi connectivity index (χ0n) is 12.8. The molecule has 23 heavy (non-hydrogen) atoms. The van der Waals surface area contributed by atoms with Gasteiger partial charge in [-0.05, 0) is 54.3 Å². The standard InChI is InChI=1S/C18H19N3O2/c19-17(22)14-4-1-3-12(9-14)11-21-8-2-5-13-10-15(18(20)23)6-7-16(13)21/h1,3-4,6-7,9-10H,2,5,8,11H2,(H2,19,22)(H2,20,23). The molecule has 0 saturated carbocycles. The van der Waals surface area contributed by atoms with Crippen LogP contribution in [0.4, 0.5) is 5.69 Å². The van der Waals surface area contributed by atoms with Gasteiger partial charge < -0.3 is 16.4 Å². The number of amides is 2. The molecule has 0 radical (unpaired) electrons. The van der Waals surface area contributed by atoms with Gasteiger partial charge >= 0.3 is 0 Å². The van der Waals surface area contributed by atoms with E-state index in [4.69, 9.17) is 11.5 Å². The van der Waals surface area contributed by atoms with Crippen molar-refractivity contribution < 1.29 is 9.59 Å². The minimum Gasteiger partial charge on any atom is -0.367 e. The van der Waals surface area contributed by atoms with E-state index in [1.807, 2.05) is 30.3 Å². The van der Waals surface area contributed by atoms with Gasteiger partial charge in [0.05, 0.1) is 0 Å². The first kappa shape index (κ1) is 15.1. The van der Waals surface area contributed by atoms with Crippen LogP contribution in [0.25, 0.3) is 0 Å². The molecule has 0 saturated heterocycles. The molecule has 0 spiro atoms. The highest BCUT2D eigenvalue weighted by molar-refractivity contribution is 5.94. The largest absolute Gasteiger partial charge is 0.367 e. The Morgan fingerprint density at radius 2 is 1.74 bits per heavy atom. The van der Waals surface area contributed by atoms with Crippen LogP contribution in [-0.4, -0.2) is 18.4 Å². The van der Waals surface area contributed by atoms with Gasteiger partial charge in [0.25, 0.3) is 0 Å². The number of primary amides is 2. The van der Waals surface area contributed by atoms with Gasteiger partial charge in [-0.1, -0.05) is 12.1 Å². The summed E-state index contributed by atoms with van der Waals surface area (Å²) in [5.74, 6) is -0.823. The van der Waals surface area contributed by atoms with Crippen molar-refractivity contribution in [1.29, 1.82) is 0 Å². The lowest BCUT2D eigenvalue weighted by Crippen LogP contribution is -2.29. The highest BCUT2D eigenvalue weighted by Crippen LogP contribution is 2.29. The molecule has 0 atom stereocenters. The molecule has 5 nitrogen and oxygen atoms in total. The lowest BCUT2D eigenvalue weighted by molar-refractivity contribution is 0.0992. The van der Waals surface area contributed by atoms with Gasteiger partial charge in [-0.25, -0.2) is 0 Å². The first-order chi connectivity index (χ1) is 11.0. The van der Waals surface area contributed by atoms with Gasteiger partial charge in [0, 0.05) is 29.9 Å². The molecule has 118 valence electrons. The molecule has 0 aromatic heterocycles. The summed E-state index contributed by atoms with van der Waals surface area (Å²) in [6, 6.07) is 13.0. The Bertz CT molecular complexity index is 771. The summed E-state index contributed by atoms with van der Waals surface area (Å²) in [7, 11) is 0. The number of aryl methyl sites for hydroxylation is 1. The number of rotatable bonds is 4. The zero-order valence-corrected chi connectivity index (χ0v) is 12.8. The van der Waals surface area contributed by atoms with E-state index in [2.05, 4.69) is 4.90 Å². The second-order valence-electron chi connectivity index (χ2n) is 5.80. The zero-order chi connectivity index (χ0) is 16.4. The van der Waals surface area contributed by atoms with Crippen molar-refractivity contribution in [2.75, 3.05) is 11.4 Å². The number of anilines is 1. The van der Waals surface area contributed by atoms with Crippen LogP contribution in [0.5, 0.6) is 0 Å². The first-order valence-electron chi connectivity index (χ1n) is 7.61. The maximum atomic E-state index is 11.3. The average Bonchev–Trinajstić information content (AvgIpc) is 2.55. The lowest BCUT2D eigenvalue weighted by Gasteiger charge is -2.31. The molecule has 0 aliphatic carbocycles. The number of carbonyl (C=O) groups is 2. The smallest absolute Gasteiger partial charge is 0.248 e. The van der Waals surface area contributed by atoms with Crippen LogP contribution in [0, 0.1) is 0 Å². The minimum atomic E-state index is -0.419. The first-order valence-corrected chi connectivity index (χ1v) is 7.61. The van der Waals surface area contributed by atoms with Crippen molar-refractivity contribution in [3.05, 3.63) is 64.7 Å². The summed E-state index contributed by atoms with van der Waals surface area (Å²) in [4.78, 5) is 24.9. The predicted molar refractivity (Wildman–Crippen MR) is 89.3 cm³/mol. The quantitative estimate of drug-likeness (QED) is 0.903. The highest BCUT2D eigenvalue weighted by atomic mass is 16.1. The van der Waals surface area contributed by atoms with Crippen molar-refractivity contribution in [2.24, 2.45) is 11.5 Å². The van der Waals surface area contributed by atoms with Gasteiger partial charge in [0.15, 0.2) is 0 Å². The van der Waals surface area contributed by atoms with E-state index in [1.54, 1.807) is 12.1 Å². The number of hydrogen-bond acceptors (Lipinski definition) is 3. The third kappa shape index (κ3) is 3.18. The molecule has 1 aliphatic rings. The topological polar surface area (TPSA) is 89.4 Å². The van der Waals surface area contributed by atoms with Crippen LogP contribution in [0.15, 0.2) is 42.5 Å². The Morgan fingerprint density at radius 1 is 1.00 bits per heavy atom.